The largest absolute Gasteiger partial charge is 0.324 e. The molecule has 1 aromatic heterocycles. The van der Waals surface area contributed by atoms with Crippen molar-refractivity contribution in [2.45, 2.75) is 6.54 Å². The Morgan fingerprint density at radius 1 is 1.27 bits per heavy atom. The fraction of sp³-hybridized carbons (Fsp3) is 0.0667. The zero-order valence-corrected chi connectivity index (χ0v) is 14.6. The van der Waals surface area contributed by atoms with Crippen LogP contribution in [0.5, 0.6) is 0 Å². The van der Waals surface area contributed by atoms with E-state index in [0.29, 0.717) is 5.82 Å². The maximum atomic E-state index is 13.3. The molecule has 11 heteroatoms. The highest BCUT2D eigenvalue weighted by Gasteiger charge is 2.16. The molecule has 0 spiro atoms. The minimum absolute atomic E-state index is 0.0938. The first-order valence-electron chi connectivity index (χ1n) is 7.20. The Morgan fingerprint density at radius 3 is 2.69 bits per heavy atom. The number of tetrazole rings is 1. The SMILES string of the molecule is O=C(Cn1nnc(-c2ccc(Br)cc2)n1)Nc1ccc(F)c([N+](=O)[O-])c1. The van der Waals surface area contributed by atoms with E-state index in [4.69, 9.17) is 0 Å². The van der Waals surface area contributed by atoms with Gasteiger partial charge in [-0.2, -0.15) is 9.19 Å². The number of nitrogens with zero attached hydrogens (tertiary/aromatic N) is 5. The number of aromatic nitrogens is 4. The molecule has 0 saturated carbocycles. The van der Waals surface area contributed by atoms with Crippen LogP contribution in [0.3, 0.4) is 0 Å². The molecule has 1 amide bonds. The number of hydrogen-bond acceptors (Lipinski definition) is 6. The van der Waals surface area contributed by atoms with Crippen molar-refractivity contribution < 1.29 is 14.1 Å². The van der Waals surface area contributed by atoms with Crippen molar-refractivity contribution in [1.82, 2.24) is 20.2 Å². The highest BCUT2D eigenvalue weighted by Crippen LogP contribution is 2.21. The Hall–Kier alpha value is -3.21. The third-order valence-electron chi connectivity index (χ3n) is 3.27. The highest BCUT2D eigenvalue weighted by molar-refractivity contribution is 9.10. The minimum Gasteiger partial charge on any atom is -0.324 e. The quantitative estimate of drug-likeness (QED) is 0.500. The third-order valence-corrected chi connectivity index (χ3v) is 3.80. The first-order valence-corrected chi connectivity index (χ1v) is 7.99. The molecule has 0 saturated heterocycles. The smallest absolute Gasteiger partial charge is 0.306 e. The molecule has 2 aromatic carbocycles. The van der Waals surface area contributed by atoms with Crippen LogP contribution in [0, 0.1) is 15.9 Å². The van der Waals surface area contributed by atoms with Crippen molar-refractivity contribution in [1.29, 1.82) is 0 Å². The zero-order chi connectivity index (χ0) is 18.7. The van der Waals surface area contributed by atoms with Crippen LogP contribution < -0.4 is 5.32 Å². The number of rotatable bonds is 5. The summed E-state index contributed by atoms with van der Waals surface area (Å²) in [5.74, 6) is -1.17. The molecule has 0 aliphatic rings. The van der Waals surface area contributed by atoms with Gasteiger partial charge in [0.25, 0.3) is 0 Å². The molecule has 0 aliphatic carbocycles. The van der Waals surface area contributed by atoms with Gasteiger partial charge in [-0.05, 0) is 41.6 Å². The minimum atomic E-state index is -0.981. The lowest BCUT2D eigenvalue weighted by atomic mass is 10.2. The number of carbonyl (C=O) groups excluding carboxylic acids is 1. The summed E-state index contributed by atoms with van der Waals surface area (Å²) in [5, 5.41) is 24.9. The predicted octanol–water partition coefficient (Wildman–Crippen LogP) is 2.79. The van der Waals surface area contributed by atoms with Crippen LogP contribution in [0.1, 0.15) is 0 Å². The molecule has 0 atom stereocenters. The van der Waals surface area contributed by atoms with Gasteiger partial charge < -0.3 is 5.32 Å². The molecule has 0 unspecified atom stereocenters. The number of carbonyl (C=O) groups is 1. The maximum absolute atomic E-state index is 13.3. The molecule has 132 valence electrons. The second-order valence-electron chi connectivity index (χ2n) is 5.12. The van der Waals surface area contributed by atoms with E-state index in [2.05, 4.69) is 36.7 Å². The van der Waals surface area contributed by atoms with E-state index >= 15 is 0 Å². The molecule has 0 fully saturated rings. The Morgan fingerprint density at radius 2 is 2.00 bits per heavy atom. The summed E-state index contributed by atoms with van der Waals surface area (Å²) in [5.41, 5.74) is 0.101. The number of anilines is 1. The van der Waals surface area contributed by atoms with Gasteiger partial charge in [0.1, 0.15) is 6.54 Å². The predicted molar refractivity (Wildman–Crippen MR) is 92.6 cm³/mol. The number of benzene rings is 2. The van der Waals surface area contributed by atoms with Gasteiger partial charge >= 0.3 is 5.69 Å². The molecule has 0 aliphatic heterocycles. The average Bonchev–Trinajstić information content (AvgIpc) is 3.05. The highest BCUT2D eigenvalue weighted by atomic mass is 79.9. The number of hydrogen-bond donors (Lipinski definition) is 1. The van der Waals surface area contributed by atoms with E-state index in [-0.39, 0.29) is 12.2 Å². The summed E-state index contributed by atoms with van der Waals surface area (Å²) >= 11 is 3.33. The van der Waals surface area contributed by atoms with Crippen LogP contribution in [-0.4, -0.2) is 31.0 Å². The van der Waals surface area contributed by atoms with E-state index in [1.54, 1.807) is 12.1 Å². The standard InChI is InChI=1S/C15H10BrFN6O3/c16-10-3-1-9(2-4-10)15-19-21-22(20-15)8-14(24)18-11-5-6-12(17)13(7-11)23(25)26/h1-7H,8H2,(H,18,24). The fourth-order valence-corrected chi connectivity index (χ4v) is 2.35. The monoisotopic (exact) mass is 420 g/mol. The van der Waals surface area contributed by atoms with Crippen molar-refractivity contribution in [3.63, 3.8) is 0 Å². The summed E-state index contributed by atoms with van der Waals surface area (Å²) < 4.78 is 14.2. The van der Waals surface area contributed by atoms with E-state index in [9.17, 15) is 19.3 Å². The van der Waals surface area contributed by atoms with Gasteiger partial charge in [0, 0.05) is 21.8 Å². The van der Waals surface area contributed by atoms with Gasteiger partial charge in [0.2, 0.25) is 17.5 Å². The number of nitro benzene ring substituents is 1. The Balaban J connectivity index is 1.68. The first-order chi connectivity index (χ1) is 12.4. The second kappa shape index (κ2) is 7.35. The van der Waals surface area contributed by atoms with E-state index in [0.717, 1.165) is 27.0 Å². The fourth-order valence-electron chi connectivity index (χ4n) is 2.08. The number of amides is 1. The Labute approximate surface area is 154 Å². The van der Waals surface area contributed by atoms with Crippen molar-refractivity contribution in [2.75, 3.05) is 5.32 Å². The van der Waals surface area contributed by atoms with Crippen molar-refractivity contribution in [3.05, 3.63) is 62.9 Å². The van der Waals surface area contributed by atoms with Crippen LogP contribution >= 0.6 is 15.9 Å². The number of halogens is 2. The lowest BCUT2D eigenvalue weighted by molar-refractivity contribution is -0.387. The summed E-state index contributed by atoms with van der Waals surface area (Å²) in [4.78, 5) is 23.0. The Kier molecular flexibility index (Phi) is 4.98. The third kappa shape index (κ3) is 4.06. The lowest BCUT2D eigenvalue weighted by Crippen LogP contribution is -2.20. The molecule has 3 aromatic rings. The normalized spacial score (nSPS) is 10.5. The molecule has 0 bridgehead atoms. The summed E-state index contributed by atoms with van der Waals surface area (Å²) in [7, 11) is 0. The molecular weight excluding hydrogens is 411 g/mol. The zero-order valence-electron chi connectivity index (χ0n) is 13.0. The molecule has 1 N–H and O–H groups in total. The summed E-state index contributed by atoms with van der Waals surface area (Å²) in [6.07, 6.45) is 0. The van der Waals surface area contributed by atoms with Gasteiger partial charge in [-0.15, -0.1) is 10.2 Å². The maximum Gasteiger partial charge on any atom is 0.306 e. The molecule has 0 radical (unpaired) electrons. The summed E-state index contributed by atoms with van der Waals surface area (Å²) in [6, 6.07) is 10.3. The van der Waals surface area contributed by atoms with Crippen LogP contribution in [-0.2, 0) is 11.3 Å². The van der Waals surface area contributed by atoms with Crippen LogP contribution in [0.2, 0.25) is 0 Å². The van der Waals surface area contributed by atoms with Crippen molar-refractivity contribution >= 4 is 33.2 Å². The van der Waals surface area contributed by atoms with Crippen LogP contribution in [0.15, 0.2) is 46.9 Å². The van der Waals surface area contributed by atoms with Crippen LogP contribution in [0.4, 0.5) is 15.8 Å². The first kappa shape index (κ1) is 17.6. The molecular formula is C15H10BrFN6O3. The molecule has 26 heavy (non-hydrogen) atoms. The lowest BCUT2D eigenvalue weighted by Gasteiger charge is -2.04. The van der Waals surface area contributed by atoms with Gasteiger partial charge in [-0.1, -0.05) is 15.9 Å². The van der Waals surface area contributed by atoms with Gasteiger partial charge in [0.05, 0.1) is 4.92 Å². The number of nitrogens with one attached hydrogen (secondary N) is 1. The van der Waals surface area contributed by atoms with E-state index in [1.165, 1.54) is 6.07 Å². The van der Waals surface area contributed by atoms with Gasteiger partial charge in [-0.3, -0.25) is 14.9 Å². The number of nitro groups is 1. The molecule has 1 heterocycles. The topological polar surface area (TPSA) is 116 Å². The van der Waals surface area contributed by atoms with Gasteiger partial charge in [0.15, 0.2) is 0 Å². The average molecular weight is 421 g/mol. The van der Waals surface area contributed by atoms with Crippen molar-refractivity contribution in [2.24, 2.45) is 0 Å². The molecule has 3 rings (SSSR count). The van der Waals surface area contributed by atoms with E-state index < -0.39 is 22.3 Å². The molecule has 9 nitrogen and oxygen atoms in total. The second-order valence-corrected chi connectivity index (χ2v) is 6.04. The van der Waals surface area contributed by atoms with Crippen LogP contribution in [0.25, 0.3) is 11.4 Å². The Bertz CT molecular complexity index is 976. The van der Waals surface area contributed by atoms with Gasteiger partial charge in [-0.25, -0.2) is 0 Å². The van der Waals surface area contributed by atoms with E-state index in [1.807, 2.05) is 12.1 Å². The summed E-state index contributed by atoms with van der Waals surface area (Å²) in [6.45, 7) is -0.255. The van der Waals surface area contributed by atoms with Crippen molar-refractivity contribution in [3.8, 4) is 11.4 Å².